The Morgan fingerprint density at radius 2 is 2.00 bits per heavy atom. The van der Waals surface area contributed by atoms with Crippen LogP contribution < -0.4 is 5.32 Å². The van der Waals surface area contributed by atoms with Gasteiger partial charge in [-0.15, -0.1) is 5.10 Å². The Bertz CT molecular complexity index is 940. The Balaban J connectivity index is 1.57. The van der Waals surface area contributed by atoms with Crippen molar-refractivity contribution in [3.05, 3.63) is 24.3 Å². The van der Waals surface area contributed by atoms with Crippen molar-refractivity contribution in [1.82, 2.24) is 29.4 Å². The predicted octanol–water partition coefficient (Wildman–Crippen LogP) is 0.657. The first-order valence-electron chi connectivity index (χ1n) is 9.37. The third kappa shape index (κ3) is 5.53. The molecule has 1 aliphatic heterocycles. The minimum atomic E-state index is -3.58. The molecule has 0 unspecified atom stereocenters. The number of piperazine rings is 1. The van der Waals surface area contributed by atoms with E-state index in [4.69, 9.17) is 0 Å². The summed E-state index contributed by atoms with van der Waals surface area (Å²) in [5.41, 5.74) is 0.466. The van der Waals surface area contributed by atoms with Crippen LogP contribution in [0.25, 0.3) is 0 Å². The molecule has 0 saturated carbocycles. The van der Waals surface area contributed by atoms with Crippen LogP contribution in [0.15, 0.2) is 34.3 Å². The number of amides is 1. The van der Waals surface area contributed by atoms with Crippen LogP contribution in [0, 0.1) is 0 Å². The molecule has 1 amide bonds. The van der Waals surface area contributed by atoms with Crippen LogP contribution in [-0.2, 0) is 21.9 Å². The molecule has 1 saturated heterocycles. The second-order valence-electron chi connectivity index (χ2n) is 6.60. The molecule has 1 aliphatic rings. The second kappa shape index (κ2) is 9.65. The van der Waals surface area contributed by atoms with Gasteiger partial charge in [0.2, 0.25) is 21.1 Å². The summed E-state index contributed by atoms with van der Waals surface area (Å²) >= 11 is 1.38. The third-order valence-corrected chi connectivity index (χ3v) is 7.58. The summed E-state index contributed by atoms with van der Waals surface area (Å²) in [5.74, 6) is 0.318. The summed E-state index contributed by atoms with van der Waals surface area (Å²) in [7, 11) is -1.84. The average Bonchev–Trinajstić information content (AvgIpc) is 3.13. The van der Waals surface area contributed by atoms with Gasteiger partial charge in [-0.25, -0.2) is 13.1 Å². The number of rotatable bonds is 8. The van der Waals surface area contributed by atoms with Gasteiger partial charge < -0.3 is 10.2 Å². The maximum Gasteiger partial charge on any atom is 0.243 e. The van der Waals surface area contributed by atoms with Crippen molar-refractivity contribution < 1.29 is 13.2 Å². The van der Waals surface area contributed by atoms with E-state index >= 15 is 0 Å². The van der Waals surface area contributed by atoms with Gasteiger partial charge in [-0.2, -0.15) is 4.31 Å². The molecule has 0 bridgehead atoms. The third-order valence-electron chi connectivity index (χ3n) is 4.68. The smallest absolute Gasteiger partial charge is 0.243 e. The van der Waals surface area contributed by atoms with Crippen molar-refractivity contribution in [1.29, 1.82) is 0 Å². The molecule has 1 aromatic heterocycles. The lowest BCUT2D eigenvalue weighted by atomic mass is 10.3. The zero-order valence-electron chi connectivity index (χ0n) is 16.5. The summed E-state index contributed by atoms with van der Waals surface area (Å²) in [6.45, 7) is 5.39. The van der Waals surface area contributed by atoms with Crippen molar-refractivity contribution in [2.45, 2.75) is 23.4 Å². The fourth-order valence-corrected chi connectivity index (χ4v) is 5.23. The van der Waals surface area contributed by atoms with Crippen LogP contribution in [0.2, 0.25) is 0 Å². The Kier molecular flexibility index (Phi) is 7.22. The predicted molar refractivity (Wildman–Crippen MR) is 110 cm³/mol. The molecule has 12 heteroatoms. The van der Waals surface area contributed by atoms with Gasteiger partial charge in [0.15, 0.2) is 0 Å². The Morgan fingerprint density at radius 1 is 1.24 bits per heavy atom. The number of anilines is 1. The number of aryl methyl sites for hydroxylation is 1. The van der Waals surface area contributed by atoms with Crippen LogP contribution in [-0.4, -0.2) is 82.2 Å². The SMILES string of the molecule is CCN1CCN(S(=O)(=O)c2cccc(NC(=O)CCSc3nnnn3C)c2)CC1. The van der Waals surface area contributed by atoms with Gasteiger partial charge in [-0.1, -0.05) is 24.8 Å². The lowest BCUT2D eigenvalue weighted by Crippen LogP contribution is -2.48. The largest absolute Gasteiger partial charge is 0.326 e. The van der Waals surface area contributed by atoms with E-state index in [1.165, 1.54) is 26.8 Å². The monoisotopic (exact) mass is 439 g/mol. The van der Waals surface area contributed by atoms with E-state index in [1.54, 1.807) is 25.2 Å². The molecule has 158 valence electrons. The molecule has 0 atom stereocenters. The molecule has 10 nitrogen and oxygen atoms in total. The molecule has 0 spiro atoms. The zero-order chi connectivity index (χ0) is 20.9. The zero-order valence-corrected chi connectivity index (χ0v) is 18.1. The Morgan fingerprint density at radius 3 is 2.66 bits per heavy atom. The van der Waals surface area contributed by atoms with Crippen LogP contribution in [0.5, 0.6) is 0 Å². The average molecular weight is 440 g/mol. The van der Waals surface area contributed by atoms with E-state index < -0.39 is 10.0 Å². The number of carbonyl (C=O) groups excluding carboxylic acids is 1. The molecule has 0 aliphatic carbocycles. The number of aromatic nitrogens is 4. The normalized spacial score (nSPS) is 16.1. The molecule has 29 heavy (non-hydrogen) atoms. The number of tetrazole rings is 1. The highest BCUT2D eigenvalue weighted by molar-refractivity contribution is 7.99. The van der Waals surface area contributed by atoms with Gasteiger partial charge in [0, 0.05) is 51.1 Å². The van der Waals surface area contributed by atoms with Gasteiger partial charge in [-0.3, -0.25) is 4.79 Å². The van der Waals surface area contributed by atoms with Crippen molar-refractivity contribution in [3.8, 4) is 0 Å². The van der Waals surface area contributed by atoms with Gasteiger partial charge in [0.1, 0.15) is 0 Å². The number of nitrogens with zero attached hydrogens (tertiary/aromatic N) is 6. The molecule has 1 fully saturated rings. The van der Waals surface area contributed by atoms with Crippen molar-refractivity contribution in [2.24, 2.45) is 7.05 Å². The number of carbonyl (C=O) groups is 1. The van der Waals surface area contributed by atoms with Gasteiger partial charge >= 0.3 is 0 Å². The maximum atomic E-state index is 12.9. The van der Waals surface area contributed by atoms with Crippen LogP contribution in [0.3, 0.4) is 0 Å². The van der Waals surface area contributed by atoms with E-state index in [1.807, 2.05) is 0 Å². The minimum Gasteiger partial charge on any atom is -0.326 e. The van der Waals surface area contributed by atoms with Crippen molar-refractivity contribution in [2.75, 3.05) is 43.8 Å². The Labute approximate surface area is 174 Å². The van der Waals surface area contributed by atoms with Crippen LogP contribution in [0.1, 0.15) is 13.3 Å². The molecule has 1 aromatic carbocycles. The molecule has 2 heterocycles. The standard InChI is InChI=1S/C17H25N7O3S2/c1-3-23-8-10-24(11-9-23)29(26,27)15-6-4-5-14(13-15)18-16(25)7-12-28-17-19-20-21-22(17)2/h4-6,13H,3,7-12H2,1-2H3,(H,18,25). The number of nitrogens with one attached hydrogen (secondary N) is 1. The molecule has 2 aromatic rings. The number of likely N-dealkylation sites (N-methyl/N-ethyl adjacent to an activating group) is 1. The van der Waals surface area contributed by atoms with Crippen molar-refractivity contribution >= 4 is 33.4 Å². The molecular formula is C17H25N7O3S2. The summed E-state index contributed by atoms with van der Waals surface area (Å²) in [6, 6.07) is 6.41. The molecule has 1 N–H and O–H groups in total. The lowest BCUT2D eigenvalue weighted by molar-refractivity contribution is -0.115. The quantitative estimate of drug-likeness (QED) is 0.597. The fraction of sp³-hybridized carbons (Fsp3) is 0.529. The minimum absolute atomic E-state index is 0.194. The summed E-state index contributed by atoms with van der Waals surface area (Å²) in [5, 5.41) is 14.5. The molecular weight excluding hydrogens is 414 g/mol. The summed E-state index contributed by atoms with van der Waals surface area (Å²) in [4.78, 5) is 14.6. The Hall–Kier alpha value is -2.02. The fourth-order valence-electron chi connectivity index (χ4n) is 2.97. The van der Waals surface area contributed by atoms with Gasteiger partial charge in [-0.05, 0) is 35.2 Å². The van der Waals surface area contributed by atoms with E-state index in [0.717, 1.165) is 19.6 Å². The number of benzene rings is 1. The van der Waals surface area contributed by atoms with Gasteiger partial charge in [0.25, 0.3) is 0 Å². The highest BCUT2D eigenvalue weighted by Crippen LogP contribution is 2.21. The highest BCUT2D eigenvalue weighted by atomic mass is 32.2. The lowest BCUT2D eigenvalue weighted by Gasteiger charge is -2.33. The van der Waals surface area contributed by atoms with E-state index in [0.29, 0.717) is 29.7 Å². The number of hydrogen-bond acceptors (Lipinski definition) is 8. The first-order valence-corrected chi connectivity index (χ1v) is 11.8. The van der Waals surface area contributed by atoms with E-state index in [-0.39, 0.29) is 17.2 Å². The van der Waals surface area contributed by atoms with Crippen LogP contribution in [0.4, 0.5) is 5.69 Å². The maximum absolute atomic E-state index is 12.9. The van der Waals surface area contributed by atoms with E-state index in [9.17, 15) is 13.2 Å². The first kappa shape index (κ1) is 21.7. The van der Waals surface area contributed by atoms with E-state index in [2.05, 4.69) is 32.7 Å². The first-order chi connectivity index (χ1) is 13.9. The summed E-state index contributed by atoms with van der Waals surface area (Å²) < 4.78 is 28.9. The highest BCUT2D eigenvalue weighted by Gasteiger charge is 2.28. The van der Waals surface area contributed by atoms with Crippen molar-refractivity contribution in [3.63, 3.8) is 0 Å². The van der Waals surface area contributed by atoms with Gasteiger partial charge in [0.05, 0.1) is 4.90 Å². The number of hydrogen-bond donors (Lipinski definition) is 1. The topological polar surface area (TPSA) is 113 Å². The molecule has 0 radical (unpaired) electrons. The molecule has 3 rings (SSSR count). The second-order valence-corrected chi connectivity index (χ2v) is 9.60. The number of sulfonamides is 1. The van der Waals surface area contributed by atoms with Crippen LogP contribution >= 0.6 is 11.8 Å². The number of thioether (sulfide) groups is 1. The summed E-state index contributed by atoms with van der Waals surface area (Å²) in [6.07, 6.45) is 0.257.